The van der Waals surface area contributed by atoms with Gasteiger partial charge in [0.2, 0.25) is 0 Å². The Hall–Kier alpha value is -1.80. The first-order valence-electron chi connectivity index (χ1n) is 8.39. The van der Waals surface area contributed by atoms with Gasteiger partial charge >= 0.3 is 5.97 Å². The van der Waals surface area contributed by atoms with E-state index < -0.39 is 10.7 Å². The topological polar surface area (TPSA) is 95.1 Å². The van der Waals surface area contributed by atoms with Crippen molar-refractivity contribution in [2.75, 3.05) is 0 Å². The summed E-state index contributed by atoms with van der Waals surface area (Å²) in [6.07, 6.45) is 5.57. The Morgan fingerprint density at radius 2 is 2.20 bits per heavy atom. The molecule has 6 nitrogen and oxygen atoms in total. The van der Waals surface area contributed by atoms with Crippen molar-refractivity contribution in [2.24, 2.45) is 0 Å². The number of aromatic amines is 1. The van der Waals surface area contributed by atoms with Crippen LogP contribution < -0.4 is 5.32 Å². The molecular weight excluding hydrogens is 358 g/mol. The summed E-state index contributed by atoms with van der Waals surface area (Å²) in [6.45, 7) is 1.98. The standard InChI is InChI=1S/C17H19N3O3S2/c1-9-8-10-12(14(21)19-9)15(24-13(10)11-4-7-18-20-11)25-17(16(22)23)5-2-3-6-17/h4,7,9H,2-3,5-6,8H2,1H3,(H,18,20)(H,19,21)(H,22,23)/t9-/m1/s1. The molecule has 1 fully saturated rings. The second kappa shape index (κ2) is 6.17. The molecule has 0 aromatic carbocycles. The van der Waals surface area contributed by atoms with Gasteiger partial charge in [0.25, 0.3) is 5.91 Å². The second-order valence-corrected chi connectivity index (χ2v) is 9.40. The van der Waals surface area contributed by atoms with Gasteiger partial charge in [-0.1, -0.05) is 24.6 Å². The Balaban J connectivity index is 1.82. The average molecular weight is 377 g/mol. The first-order valence-corrected chi connectivity index (χ1v) is 10.0. The summed E-state index contributed by atoms with van der Waals surface area (Å²) in [5.74, 6) is -0.873. The van der Waals surface area contributed by atoms with Crippen LogP contribution in [0.5, 0.6) is 0 Å². The highest BCUT2D eigenvalue weighted by Gasteiger charge is 2.44. The van der Waals surface area contributed by atoms with Gasteiger partial charge in [-0.25, -0.2) is 0 Å². The summed E-state index contributed by atoms with van der Waals surface area (Å²) in [5, 5.41) is 19.8. The molecule has 1 saturated carbocycles. The molecule has 1 aliphatic heterocycles. The van der Waals surface area contributed by atoms with Crippen molar-refractivity contribution in [2.45, 2.75) is 54.0 Å². The van der Waals surface area contributed by atoms with E-state index >= 15 is 0 Å². The van der Waals surface area contributed by atoms with E-state index in [0.29, 0.717) is 18.4 Å². The monoisotopic (exact) mass is 377 g/mol. The van der Waals surface area contributed by atoms with E-state index in [9.17, 15) is 14.7 Å². The van der Waals surface area contributed by atoms with Crippen LogP contribution in [0, 0.1) is 0 Å². The second-order valence-electron chi connectivity index (χ2n) is 6.73. The van der Waals surface area contributed by atoms with Crippen molar-refractivity contribution in [3.8, 4) is 10.6 Å². The normalized spacial score (nSPS) is 21.8. The number of aromatic nitrogens is 2. The molecule has 1 amide bonds. The van der Waals surface area contributed by atoms with Gasteiger partial charge < -0.3 is 10.4 Å². The predicted octanol–water partition coefficient (Wildman–Crippen LogP) is 3.30. The summed E-state index contributed by atoms with van der Waals surface area (Å²) in [7, 11) is 0. The van der Waals surface area contributed by atoms with Crippen molar-refractivity contribution >= 4 is 35.0 Å². The Kier molecular flexibility index (Phi) is 4.11. The molecule has 1 atom stereocenters. The Morgan fingerprint density at radius 3 is 2.84 bits per heavy atom. The van der Waals surface area contributed by atoms with Gasteiger partial charge in [0.05, 0.1) is 20.3 Å². The number of nitrogens with one attached hydrogen (secondary N) is 2. The number of aliphatic carboxylic acids is 1. The third kappa shape index (κ3) is 2.77. The van der Waals surface area contributed by atoms with Crippen LogP contribution in [-0.4, -0.2) is 38.0 Å². The highest BCUT2D eigenvalue weighted by atomic mass is 32.2. The number of nitrogens with zero attached hydrogens (tertiary/aromatic N) is 1. The number of hydrogen-bond acceptors (Lipinski definition) is 5. The molecule has 8 heteroatoms. The fraction of sp³-hybridized carbons (Fsp3) is 0.471. The Labute approximate surface area is 153 Å². The minimum Gasteiger partial charge on any atom is -0.480 e. The first kappa shape index (κ1) is 16.7. The molecule has 1 aliphatic carbocycles. The van der Waals surface area contributed by atoms with Crippen molar-refractivity contribution in [1.29, 1.82) is 0 Å². The molecule has 4 rings (SSSR count). The van der Waals surface area contributed by atoms with Crippen molar-refractivity contribution in [3.63, 3.8) is 0 Å². The summed E-state index contributed by atoms with van der Waals surface area (Å²) in [6, 6.07) is 1.95. The number of thiophene rings is 1. The number of amides is 1. The molecule has 3 heterocycles. The van der Waals surface area contributed by atoms with Gasteiger partial charge in [0.1, 0.15) is 4.75 Å². The summed E-state index contributed by atoms with van der Waals surface area (Å²) in [4.78, 5) is 25.6. The number of thioether (sulfide) groups is 1. The lowest BCUT2D eigenvalue weighted by Gasteiger charge is -2.25. The van der Waals surface area contributed by atoms with Gasteiger partial charge in [-0.05, 0) is 37.8 Å². The zero-order valence-corrected chi connectivity index (χ0v) is 15.4. The van der Waals surface area contributed by atoms with Crippen LogP contribution in [0.1, 0.15) is 48.5 Å². The maximum atomic E-state index is 12.7. The van der Waals surface area contributed by atoms with Crippen molar-refractivity contribution in [3.05, 3.63) is 23.4 Å². The molecule has 132 valence electrons. The third-order valence-corrected chi connectivity index (χ3v) is 7.85. The molecule has 0 spiro atoms. The van der Waals surface area contributed by atoms with E-state index in [1.807, 2.05) is 13.0 Å². The molecular formula is C17H19N3O3S2. The Bertz CT molecular complexity index is 823. The van der Waals surface area contributed by atoms with Gasteiger partial charge in [-0.3, -0.25) is 14.7 Å². The summed E-state index contributed by atoms with van der Waals surface area (Å²) < 4.78 is 0.000961. The van der Waals surface area contributed by atoms with Crippen molar-refractivity contribution in [1.82, 2.24) is 15.5 Å². The number of rotatable bonds is 4. The smallest absolute Gasteiger partial charge is 0.320 e. The van der Waals surface area contributed by atoms with E-state index in [2.05, 4.69) is 15.5 Å². The van der Waals surface area contributed by atoms with E-state index in [1.165, 1.54) is 23.1 Å². The fourth-order valence-corrected chi connectivity index (χ4v) is 6.86. The quantitative estimate of drug-likeness (QED) is 0.760. The van der Waals surface area contributed by atoms with Crippen LogP contribution >= 0.6 is 23.1 Å². The minimum atomic E-state index is -0.812. The maximum Gasteiger partial charge on any atom is 0.320 e. The number of H-pyrrole nitrogens is 1. The van der Waals surface area contributed by atoms with Crippen LogP contribution in [0.25, 0.3) is 10.6 Å². The molecule has 0 unspecified atom stereocenters. The lowest BCUT2D eigenvalue weighted by atomic mass is 9.97. The first-order chi connectivity index (χ1) is 12.0. The zero-order chi connectivity index (χ0) is 17.6. The van der Waals surface area contributed by atoms with Crippen LogP contribution in [-0.2, 0) is 11.2 Å². The molecule has 0 bridgehead atoms. The SMILES string of the molecule is C[C@@H]1Cc2c(-c3ccn[nH]3)sc(SC3(C(=O)O)CCCC3)c2C(=O)N1. The fourth-order valence-electron chi connectivity index (χ4n) is 3.67. The molecule has 2 aromatic rings. The van der Waals surface area contributed by atoms with E-state index in [1.54, 1.807) is 6.20 Å². The average Bonchev–Trinajstić information content (AvgIpc) is 3.27. The molecule has 25 heavy (non-hydrogen) atoms. The highest BCUT2D eigenvalue weighted by molar-refractivity contribution is 8.03. The van der Waals surface area contributed by atoms with Crippen LogP contribution in [0.3, 0.4) is 0 Å². The summed E-state index contributed by atoms with van der Waals surface area (Å²) in [5.41, 5.74) is 2.54. The van der Waals surface area contributed by atoms with Crippen molar-refractivity contribution < 1.29 is 14.7 Å². The van der Waals surface area contributed by atoms with Gasteiger partial charge in [0.15, 0.2) is 0 Å². The lowest BCUT2D eigenvalue weighted by Crippen LogP contribution is -2.39. The molecule has 0 saturated heterocycles. The molecule has 2 aromatic heterocycles. The van der Waals surface area contributed by atoms with Gasteiger partial charge in [-0.15, -0.1) is 11.3 Å². The van der Waals surface area contributed by atoms with Crippen LogP contribution in [0.2, 0.25) is 0 Å². The Morgan fingerprint density at radius 1 is 1.44 bits per heavy atom. The molecule has 0 radical (unpaired) electrons. The van der Waals surface area contributed by atoms with Gasteiger partial charge in [-0.2, -0.15) is 5.10 Å². The minimum absolute atomic E-state index is 0.0639. The zero-order valence-electron chi connectivity index (χ0n) is 13.8. The van der Waals surface area contributed by atoms with E-state index in [-0.39, 0.29) is 11.9 Å². The van der Waals surface area contributed by atoms with E-state index in [4.69, 9.17) is 0 Å². The molecule has 3 N–H and O–H groups in total. The number of carbonyl (C=O) groups is 2. The van der Waals surface area contributed by atoms with Crippen LogP contribution in [0.4, 0.5) is 0 Å². The number of carboxylic acids is 1. The van der Waals surface area contributed by atoms with Crippen LogP contribution in [0.15, 0.2) is 16.5 Å². The van der Waals surface area contributed by atoms with E-state index in [0.717, 1.165) is 39.6 Å². The summed E-state index contributed by atoms with van der Waals surface area (Å²) >= 11 is 2.88. The maximum absolute atomic E-state index is 12.7. The molecule has 2 aliphatic rings. The third-order valence-electron chi connectivity index (χ3n) is 4.92. The number of carbonyl (C=O) groups excluding carboxylic acids is 1. The predicted molar refractivity (Wildman–Crippen MR) is 97.2 cm³/mol. The number of hydrogen-bond donors (Lipinski definition) is 3. The lowest BCUT2D eigenvalue weighted by molar-refractivity contribution is -0.139. The largest absolute Gasteiger partial charge is 0.480 e. The highest BCUT2D eigenvalue weighted by Crippen LogP contribution is 2.51. The van der Waals surface area contributed by atoms with Gasteiger partial charge in [0, 0.05) is 12.2 Å². The number of carboxylic acid groups (broad SMARTS) is 1. The number of fused-ring (bicyclic) bond motifs is 1.